The van der Waals surface area contributed by atoms with Gasteiger partial charge in [0.15, 0.2) is 11.6 Å². The molecule has 1 saturated heterocycles. The fraction of sp³-hybridized carbons (Fsp3) is 0.424. The van der Waals surface area contributed by atoms with Crippen LogP contribution in [-0.2, 0) is 25.4 Å². The molecule has 1 aliphatic rings. The minimum Gasteiger partial charge on any atom is -0.403 e. The van der Waals surface area contributed by atoms with Gasteiger partial charge in [0, 0.05) is 31.3 Å². The van der Waals surface area contributed by atoms with Gasteiger partial charge in [-0.3, -0.25) is 9.63 Å². The number of nitroso groups, excluding NO2 is 1. The third-order valence-electron chi connectivity index (χ3n) is 8.10. The summed E-state index contributed by atoms with van der Waals surface area (Å²) in [6, 6.07) is 19.4. The summed E-state index contributed by atoms with van der Waals surface area (Å²) in [4.78, 5) is 31.5. The van der Waals surface area contributed by atoms with Crippen molar-refractivity contribution in [2.24, 2.45) is 5.18 Å². The van der Waals surface area contributed by atoms with Crippen LogP contribution < -0.4 is 15.3 Å². The first-order valence-corrected chi connectivity index (χ1v) is 16.6. The van der Waals surface area contributed by atoms with E-state index in [9.17, 15) is 9.70 Å². The number of rotatable bonds is 10. The summed E-state index contributed by atoms with van der Waals surface area (Å²) in [6.45, 7) is 10.6. The van der Waals surface area contributed by atoms with Crippen LogP contribution in [0.2, 0.25) is 5.04 Å². The van der Waals surface area contributed by atoms with Crippen LogP contribution in [0.15, 0.2) is 71.9 Å². The molecular weight excluding hydrogens is 584 g/mol. The van der Waals surface area contributed by atoms with Crippen LogP contribution >= 0.6 is 0 Å². The average molecular weight is 626 g/mol. The van der Waals surface area contributed by atoms with Crippen molar-refractivity contribution < 1.29 is 27.6 Å². The molecule has 4 rings (SSSR count). The van der Waals surface area contributed by atoms with Gasteiger partial charge in [-0.1, -0.05) is 86.6 Å². The molecule has 8 nitrogen and oxygen atoms in total. The third-order valence-corrected chi connectivity index (χ3v) is 13.1. The molecule has 0 aliphatic carbocycles. The molecule has 0 saturated carbocycles. The first kappa shape index (κ1) is 33.4. The largest absolute Gasteiger partial charge is 0.403 e. The fourth-order valence-corrected chi connectivity index (χ4v) is 10.7. The zero-order valence-corrected chi connectivity index (χ0v) is 27.3. The Morgan fingerprint density at radius 2 is 1.55 bits per heavy atom. The van der Waals surface area contributed by atoms with Crippen LogP contribution in [0.3, 0.4) is 0 Å². The van der Waals surface area contributed by atoms with Gasteiger partial charge in [-0.15, -0.1) is 4.91 Å². The standard InChI is InChI=1S/C33H41F2N3O5Si/c1-22-19-38(20-23(2)43-22)31-24(18-27(28(34)29(31)35)30(36-40)32(39)37(6)41-7)21-42-44(33(3,4)5,25-14-10-8-11-15-25)26-16-12-9-13-17-26/h8-18,22-23,30H,19-21H2,1-7H3/t22-,23+,30?. The quantitative estimate of drug-likeness (QED) is 0.169. The number of benzene rings is 3. The summed E-state index contributed by atoms with van der Waals surface area (Å²) >= 11 is 0. The summed E-state index contributed by atoms with van der Waals surface area (Å²) < 4.78 is 45.1. The van der Waals surface area contributed by atoms with Crippen molar-refractivity contribution in [1.29, 1.82) is 0 Å². The maximum absolute atomic E-state index is 16.3. The van der Waals surface area contributed by atoms with Crippen LogP contribution in [0.1, 0.15) is 51.8 Å². The Balaban J connectivity index is 1.93. The second kappa shape index (κ2) is 13.6. The molecule has 0 N–H and O–H groups in total. The number of morpholine rings is 1. The molecule has 1 heterocycles. The van der Waals surface area contributed by atoms with E-state index in [-0.39, 0.29) is 29.5 Å². The number of anilines is 1. The van der Waals surface area contributed by atoms with Crippen LogP contribution in [0.25, 0.3) is 0 Å². The smallest absolute Gasteiger partial charge is 0.279 e. The molecule has 3 atom stereocenters. The number of carbonyl (C=O) groups is 1. The third kappa shape index (κ3) is 6.46. The van der Waals surface area contributed by atoms with Gasteiger partial charge in [0.25, 0.3) is 14.2 Å². The highest BCUT2D eigenvalue weighted by atomic mass is 28.4. The zero-order valence-electron chi connectivity index (χ0n) is 26.3. The molecular formula is C33H41F2N3O5Si. The van der Waals surface area contributed by atoms with Crippen molar-refractivity contribution in [3.8, 4) is 0 Å². The van der Waals surface area contributed by atoms with Gasteiger partial charge in [0.1, 0.15) is 0 Å². The molecule has 0 bridgehead atoms. The van der Waals surface area contributed by atoms with Crippen molar-refractivity contribution in [3.63, 3.8) is 0 Å². The molecule has 1 amide bonds. The Hall–Kier alpha value is -3.51. The first-order valence-electron chi connectivity index (χ1n) is 14.7. The van der Waals surface area contributed by atoms with E-state index in [4.69, 9.17) is 14.0 Å². The Labute approximate surface area is 259 Å². The Bertz CT molecular complexity index is 1410. The topological polar surface area (TPSA) is 80.7 Å². The molecule has 44 heavy (non-hydrogen) atoms. The molecule has 0 spiro atoms. The van der Waals surface area contributed by atoms with E-state index in [1.54, 1.807) is 4.90 Å². The lowest BCUT2D eigenvalue weighted by atomic mass is 9.99. The highest BCUT2D eigenvalue weighted by Gasteiger charge is 2.50. The fourth-order valence-electron chi connectivity index (χ4n) is 6.15. The number of halogens is 2. The second-order valence-corrected chi connectivity index (χ2v) is 16.5. The van der Waals surface area contributed by atoms with E-state index in [2.05, 4.69) is 25.9 Å². The molecule has 1 unspecified atom stereocenters. The lowest BCUT2D eigenvalue weighted by Gasteiger charge is -2.43. The number of likely N-dealkylation sites (N-methyl/N-ethyl adjacent to an activating group) is 1. The van der Waals surface area contributed by atoms with Gasteiger partial charge in [0.05, 0.1) is 31.6 Å². The van der Waals surface area contributed by atoms with Crippen LogP contribution in [-0.4, -0.2) is 58.7 Å². The zero-order chi connectivity index (χ0) is 32.2. The Kier molecular flexibility index (Phi) is 10.3. The van der Waals surface area contributed by atoms with Gasteiger partial charge in [-0.25, -0.2) is 13.8 Å². The predicted molar refractivity (Wildman–Crippen MR) is 169 cm³/mol. The summed E-state index contributed by atoms with van der Waals surface area (Å²) in [5, 5.41) is 5.30. The Morgan fingerprint density at radius 3 is 2.00 bits per heavy atom. The second-order valence-electron chi connectivity index (χ2n) is 12.2. The van der Waals surface area contributed by atoms with Crippen LogP contribution in [0.4, 0.5) is 14.5 Å². The highest BCUT2D eigenvalue weighted by molar-refractivity contribution is 6.99. The van der Waals surface area contributed by atoms with E-state index < -0.39 is 37.5 Å². The Morgan fingerprint density at radius 1 is 1.02 bits per heavy atom. The lowest BCUT2D eigenvalue weighted by molar-refractivity contribution is -0.170. The number of ether oxygens (including phenoxy) is 1. The molecule has 1 aliphatic heterocycles. The normalized spacial score (nSPS) is 18.2. The maximum Gasteiger partial charge on any atom is 0.279 e. The molecule has 3 aromatic rings. The minimum atomic E-state index is -3.10. The highest BCUT2D eigenvalue weighted by Crippen LogP contribution is 2.40. The van der Waals surface area contributed by atoms with Gasteiger partial charge >= 0.3 is 0 Å². The lowest BCUT2D eigenvalue weighted by Crippen LogP contribution is -2.66. The average Bonchev–Trinajstić information content (AvgIpc) is 2.99. The number of carbonyl (C=O) groups excluding carboxylic acids is 1. The van der Waals surface area contributed by atoms with Crippen molar-refractivity contribution in [2.45, 2.75) is 64.5 Å². The summed E-state index contributed by atoms with van der Waals surface area (Å²) in [5.41, 5.74) is -0.163. The van der Waals surface area contributed by atoms with Gasteiger partial charge in [-0.05, 0) is 35.3 Å². The number of amides is 1. The van der Waals surface area contributed by atoms with Crippen molar-refractivity contribution in [1.82, 2.24) is 5.06 Å². The number of nitrogens with zero attached hydrogens (tertiary/aromatic N) is 3. The SMILES string of the molecule is CON(C)C(=O)C(N=O)c1cc(CO[Si](c2ccccc2)(c2ccccc2)C(C)(C)C)c(N2C[C@@H](C)O[C@@H](C)C2)c(F)c1F. The molecule has 0 radical (unpaired) electrons. The van der Waals surface area contributed by atoms with Gasteiger partial charge < -0.3 is 14.1 Å². The van der Waals surface area contributed by atoms with E-state index in [1.165, 1.54) is 20.2 Å². The van der Waals surface area contributed by atoms with Crippen molar-refractivity contribution >= 4 is 30.3 Å². The predicted octanol–water partition coefficient (Wildman–Crippen LogP) is 5.48. The molecule has 1 fully saturated rings. The molecule has 0 aromatic heterocycles. The summed E-state index contributed by atoms with van der Waals surface area (Å²) in [7, 11) is -0.604. The van der Waals surface area contributed by atoms with Crippen molar-refractivity contribution in [2.75, 3.05) is 32.1 Å². The van der Waals surface area contributed by atoms with Gasteiger partial charge in [-0.2, -0.15) is 0 Å². The molecule has 236 valence electrons. The number of hydroxylamine groups is 2. The number of hydrogen-bond acceptors (Lipinski definition) is 7. The maximum atomic E-state index is 16.3. The molecule has 3 aromatic carbocycles. The van der Waals surface area contributed by atoms with E-state index in [0.29, 0.717) is 18.7 Å². The van der Waals surface area contributed by atoms with E-state index >= 15 is 8.78 Å². The van der Waals surface area contributed by atoms with Crippen LogP contribution in [0.5, 0.6) is 0 Å². The van der Waals surface area contributed by atoms with Crippen LogP contribution in [0, 0.1) is 16.5 Å². The van der Waals surface area contributed by atoms with E-state index in [1.807, 2.05) is 74.5 Å². The first-order chi connectivity index (χ1) is 20.8. The monoisotopic (exact) mass is 625 g/mol. The van der Waals surface area contributed by atoms with E-state index in [0.717, 1.165) is 15.4 Å². The minimum absolute atomic E-state index is 0.0170. The summed E-state index contributed by atoms with van der Waals surface area (Å²) in [5.74, 6) is -3.42. The molecule has 11 heteroatoms. The number of hydrogen-bond donors (Lipinski definition) is 0. The van der Waals surface area contributed by atoms with Gasteiger partial charge in [0.2, 0.25) is 6.04 Å². The van der Waals surface area contributed by atoms with Crippen molar-refractivity contribution in [3.05, 3.63) is 94.4 Å². The summed E-state index contributed by atoms with van der Waals surface area (Å²) in [6.07, 6.45) is -0.486.